The predicted molar refractivity (Wildman–Crippen MR) is 112 cm³/mol. The van der Waals surface area contributed by atoms with E-state index in [1.165, 1.54) is 22.1 Å². The highest BCUT2D eigenvalue weighted by Gasteiger charge is 2.18. The average Bonchev–Trinajstić information content (AvgIpc) is 3.41. The maximum absolute atomic E-state index is 12.6. The summed E-state index contributed by atoms with van der Waals surface area (Å²) < 4.78 is 1.47. The van der Waals surface area contributed by atoms with Gasteiger partial charge in [-0.3, -0.25) is 14.6 Å². The Kier molecular flexibility index (Phi) is 4.93. The zero-order valence-corrected chi connectivity index (χ0v) is 16.8. The minimum absolute atomic E-state index is 0.0811. The molecule has 0 bridgehead atoms. The number of carbonyl (C=O) groups excluding carboxylic acids is 1. The maximum atomic E-state index is 12.6. The van der Waals surface area contributed by atoms with Crippen molar-refractivity contribution in [3.63, 3.8) is 0 Å². The lowest BCUT2D eigenvalue weighted by molar-refractivity contribution is 0.103. The standard InChI is InChI=1S/C19H17N5O2S2/c1-11(2)12-10-17(25)22-19(20-12)24-16(21-18(26)15-6-4-8-28-15)9-13(23-24)14-5-3-7-27-14/h3-11H,1-2H3,(H,21,26)(H,20,22,25). The lowest BCUT2D eigenvalue weighted by atomic mass is 10.1. The minimum Gasteiger partial charge on any atom is -0.306 e. The molecular formula is C19H17N5O2S2. The molecule has 0 saturated heterocycles. The quantitative estimate of drug-likeness (QED) is 0.517. The summed E-state index contributed by atoms with van der Waals surface area (Å²) in [6.07, 6.45) is 0. The fourth-order valence-corrected chi connectivity index (χ4v) is 3.92. The summed E-state index contributed by atoms with van der Waals surface area (Å²) in [5, 5.41) is 11.3. The van der Waals surface area contributed by atoms with Crippen molar-refractivity contribution in [3.8, 4) is 16.5 Å². The number of aromatic nitrogens is 4. The molecule has 142 valence electrons. The molecule has 1 amide bonds. The monoisotopic (exact) mass is 411 g/mol. The molecule has 0 aliphatic carbocycles. The Morgan fingerprint density at radius 2 is 1.96 bits per heavy atom. The van der Waals surface area contributed by atoms with Gasteiger partial charge >= 0.3 is 0 Å². The first-order valence-electron chi connectivity index (χ1n) is 8.61. The molecular weight excluding hydrogens is 394 g/mol. The number of carbonyl (C=O) groups is 1. The third-order valence-electron chi connectivity index (χ3n) is 4.01. The van der Waals surface area contributed by atoms with Crippen molar-refractivity contribution in [2.24, 2.45) is 0 Å². The maximum Gasteiger partial charge on any atom is 0.266 e. The van der Waals surface area contributed by atoms with Gasteiger partial charge in [0.05, 0.1) is 15.4 Å². The number of nitrogens with zero attached hydrogens (tertiary/aromatic N) is 3. The third kappa shape index (κ3) is 3.67. The first-order valence-corrected chi connectivity index (χ1v) is 10.4. The largest absolute Gasteiger partial charge is 0.306 e. The molecule has 0 spiro atoms. The third-order valence-corrected chi connectivity index (χ3v) is 5.77. The van der Waals surface area contributed by atoms with Crippen molar-refractivity contribution in [3.05, 3.63) is 68.1 Å². The molecule has 0 aliphatic heterocycles. The summed E-state index contributed by atoms with van der Waals surface area (Å²) in [5.74, 6) is 0.542. The summed E-state index contributed by atoms with van der Waals surface area (Å²) in [5.41, 5.74) is 1.08. The molecule has 0 fully saturated rings. The molecule has 0 saturated carbocycles. The van der Waals surface area contributed by atoms with Crippen LogP contribution in [0.5, 0.6) is 0 Å². The highest BCUT2D eigenvalue weighted by atomic mass is 32.1. The Hall–Kier alpha value is -3.04. The van der Waals surface area contributed by atoms with Crippen LogP contribution in [0, 0.1) is 0 Å². The Morgan fingerprint density at radius 1 is 1.18 bits per heavy atom. The van der Waals surface area contributed by atoms with E-state index in [0.717, 1.165) is 4.88 Å². The van der Waals surface area contributed by atoms with Crippen LogP contribution in [0.4, 0.5) is 5.82 Å². The summed E-state index contributed by atoms with van der Waals surface area (Å²) in [4.78, 5) is 33.5. The molecule has 9 heteroatoms. The predicted octanol–water partition coefficient (Wildman–Crippen LogP) is 4.12. The van der Waals surface area contributed by atoms with Crippen LogP contribution >= 0.6 is 22.7 Å². The van der Waals surface area contributed by atoms with Crippen molar-refractivity contribution in [1.29, 1.82) is 0 Å². The van der Waals surface area contributed by atoms with Gasteiger partial charge in [-0.1, -0.05) is 26.0 Å². The van der Waals surface area contributed by atoms with Crippen molar-refractivity contribution >= 4 is 34.4 Å². The van der Waals surface area contributed by atoms with Crippen LogP contribution in [0.15, 0.2) is 52.0 Å². The summed E-state index contributed by atoms with van der Waals surface area (Å²) in [6, 6.07) is 10.7. The smallest absolute Gasteiger partial charge is 0.266 e. The topological polar surface area (TPSA) is 92.7 Å². The van der Waals surface area contributed by atoms with E-state index >= 15 is 0 Å². The molecule has 2 N–H and O–H groups in total. The Balaban J connectivity index is 1.81. The van der Waals surface area contributed by atoms with Crippen LogP contribution in [-0.4, -0.2) is 25.7 Å². The number of anilines is 1. The molecule has 0 atom stereocenters. The Bertz CT molecular complexity index is 1160. The van der Waals surface area contributed by atoms with Gasteiger partial charge in [-0.05, 0) is 28.8 Å². The van der Waals surface area contributed by atoms with E-state index in [4.69, 9.17) is 0 Å². The summed E-state index contributed by atoms with van der Waals surface area (Å²) in [6.45, 7) is 3.93. The van der Waals surface area contributed by atoms with Gasteiger partial charge in [0.2, 0.25) is 5.95 Å². The number of amides is 1. The van der Waals surface area contributed by atoms with Crippen molar-refractivity contribution in [1.82, 2.24) is 19.7 Å². The fraction of sp³-hybridized carbons (Fsp3) is 0.158. The van der Waals surface area contributed by atoms with Crippen molar-refractivity contribution in [2.45, 2.75) is 19.8 Å². The van der Waals surface area contributed by atoms with E-state index < -0.39 is 0 Å². The lowest BCUT2D eigenvalue weighted by Gasteiger charge is -2.10. The van der Waals surface area contributed by atoms with Crippen LogP contribution in [-0.2, 0) is 0 Å². The zero-order valence-electron chi connectivity index (χ0n) is 15.2. The number of thiophene rings is 2. The second-order valence-corrected chi connectivity index (χ2v) is 8.28. The van der Waals surface area contributed by atoms with Gasteiger partial charge in [0.15, 0.2) is 0 Å². The van der Waals surface area contributed by atoms with Gasteiger partial charge in [0.1, 0.15) is 11.5 Å². The van der Waals surface area contributed by atoms with E-state index in [0.29, 0.717) is 22.1 Å². The SMILES string of the molecule is CC(C)c1cc(=O)[nH]c(-n2nc(-c3cccs3)cc2NC(=O)c2cccs2)n1. The summed E-state index contributed by atoms with van der Waals surface area (Å²) >= 11 is 2.89. The second-order valence-electron chi connectivity index (χ2n) is 6.38. The number of rotatable bonds is 5. The van der Waals surface area contributed by atoms with E-state index in [1.54, 1.807) is 23.5 Å². The Labute approximate surface area is 168 Å². The molecule has 0 aromatic carbocycles. The lowest BCUT2D eigenvalue weighted by Crippen LogP contribution is -2.19. The van der Waals surface area contributed by atoms with Crippen molar-refractivity contribution < 1.29 is 4.79 Å². The molecule has 0 radical (unpaired) electrons. The van der Waals surface area contributed by atoms with Crippen LogP contribution in [0.2, 0.25) is 0 Å². The fourth-order valence-electron chi connectivity index (χ4n) is 2.62. The number of nitrogens with one attached hydrogen (secondary N) is 2. The molecule has 7 nitrogen and oxygen atoms in total. The van der Waals surface area contributed by atoms with Gasteiger partial charge in [0.25, 0.3) is 11.5 Å². The highest BCUT2D eigenvalue weighted by molar-refractivity contribution is 7.13. The number of aromatic amines is 1. The van der Waals surface area contributed by atoms with Gasteiger partial charge in [0, 0.05) is 12.1 Å². The van der Waals surface area contributed by atoms with E-state index in [9.17, 15) is 9.59 Å². The Morgan fingerprint density at radius 3 is 2.64 bits per heavy atom. The number of hydrogen-bond donors (Lipinski definition) is 2. The highest BCUT2D eigenvalue weighted by Crippen LogP contribution is 2.28. The van der Waals surface area contributed by atoms with E-state index in [2.05, 4.69) is 20.4 Å². The van der Waals surface area contributed by atoms with Crippen LogP contribution in [0.3, 0.4) is 0 Å². The minimum atomic E-state index is -0.266. The van der Waals surface area contributed by atoms with Gasteiger partial charge in [-0.15, -0.1) is 22.7 Å². The number of hydrogen-bond acceptors (Lipinski definition) is 6. The molecule has 0 unspecified atom stereocenters. The molecule has 28 heavy (non-hydrogen) atoms. The van der Waals surface area contributed by atoms with Gasteiger partial charge in [-0.2, -0.15) is 9.78 Å². The van der Waals surface area contributed by atoms with Crippen LogP contribution in [0.25, 0.3) is 16.5 Å². The van der Waals surface area contributed by atoms with Gasteiger partial charge in [-0.25, -0.2) is 4.98 Å². The average molecular weight is 412 g/mol. The summed E-state index contributed by atoms with van der Waals surface area (Å²) in [7, 11) is 0. The van der Waals surface area contributed by atoms with Gasteiger partial charge < -0.3 is 5.32 Å². The zero-order chi connectivity index (χ0) is 19.7. The van der Waals surface area contributed by atoms with E-state index in [-0.39, 0.29) is 23.3 Å². The first-order chi connectivity index (χ1) is 13.5. The molecule has 4 aromatic heterocycles. The van der Waals surface area contributed by atoms with Crippen molar-refractivity contribution in [2.75, 3.05) is 5.32 Å². The molecule has 4 aromatic rings. The number of H-pyrrole nitrogens is 1. The second kappa shape index (κ2) is 7.53. The molecule has 0 aliphatic rings. The van der Waals surface area contributed by atoms with Crippen LogP contribution in [0.1, 0.15) is 35.1 Å². The first kappa shape index (κ1) is 18.3. The normalized spacial score (nSPS) is 11.1. The van der Waals surface area contributed by atoms with E-state index in [1.807, 2.05) is 42.8 Å². The molecule has 4 heterocycles. The van der Waals surface area contributed by atoms with Crippen LogP contribution < -0.4 is 10.9 Å². The molecule has 4 rings (SSSR count).